The average molecular weight is 245 g/mol. The van der Waals surface area contributed by atoms with Gasteiger partial charge in [0.15, 0.2) is 0 Å². The molecule has 5 nitrogen and oxygen atoms in total. The van der Waals surface area contributed by atoms with Gasteiger partial charge in [0.2, 0.25) is 0 Å². The molecule has 1 N–H and O–H groups in total. The van der Waals surface area contributed by atoms with Crippen LogP contribution in [0.1, 0.15) is 0 Å². The second kappa shape index (κ2) is 3.81. The third-order valence-electron chi connectivity index (χ3n) is 1.41. The van der Waals surface area contributed by atoms with Crippen molar-refractivity contribution in [1.82, 2.24) is 8.05 Å². The summed E-state index contributed by atoms with van der Waals surface area (Å²) in [4.78, 5) is 0. The van der Waals surface area contributed by atoms with Gasteiger partial charge in [-0.25, -0.2) is 0 Å². The lowest BCUT2D eigenvalue weighted by molar-refractivity contribution is 0.0729. The van der Waals surface area contributed by atoms with E-state index in [0.29, 0.717) is 26.3 Å². The zero-order valence-electron chi connectivity index (χ0n) is 5.79. The van der Waals surface area contributed by atoms with Crippen LogP contribution in [0.25, 0.3) is 0 Å². The van der Waals surface area contributed by atoms with Gasteiger partial charge < -0.3 is 4.74 Å². The first-order chi connectivity index (χ1) is 5.17. The van der Waals surface area contributed by atoms with Crippen molar-refractivity contribution < 1.29 is 13.2 Å². The maximum absolute atomic E-state index is 11.1. The van der Waals surface area contributed by atoms with Gasteiger partial charge in [0.05, 0.1) is 13.2 Å². The molecule has 0 radical (unpaired) electrons. The molecule has 66 valence electrons. The maximum Gasteiger partial charge on any atom is 0.289 e. The Balaban J connectivity index is 2.58. The maximum atomic E-state index is 11.1. The molecule has 0 atom stereocenters. The second-order valence-corrected chi connectivity index (χ2v) is 4.69. The summed E-state index contributed by atoms with van der Waals surface area (Å²) >= 11 is 2.69. The Kier molecular flexibility index (Phi) is 3.26. The van der Waals surface area contributed by atoms with E-state index in [1.807, 2.05) is 0 Å². The standard InChI is InChI=1S/C4H9BrN2O3S/c5-6-11(8,9)7-1-3-10-4-2-7/h6H,1-4H2. The minimum atomic E-state index is -3.30. The van der Waals surface area contributed by atoms with Crippen LogP contribution >= 0.6 is 16.1 Å². The number of rotatable bonds is 2. The normalized spacial score (nSPS) is 21.9. The zero-order chi connectivity index (χ0) is 8.32. The van der Waals surface area contributed by atoms with E-state index in [1.54, 1.807) is 0 Å². The molecule has 0 saturated carbocycles. The molecule has 11 heavy (non-hydrogen) atoms. The molecule has 0 aromatic carbocycles. The van der Waals surface area contributed by atoms with Crippen LogP contribution in [-0.2, 0) is 14.9 Å². The van der Waals surface area contributed by atoms with Gasteiger partial charge in [-0.3, -0.25) is 0 Å². The van der Waals surface area contributed by atoms with Gasteiger partial charge >= 0.3 is 0 Å². The molecule has 0 aromatic heterocycles. The van der Waals surface area contributed by atoms with Crippen LogP contribution < -0.4 is 3.75 Å². The lowest BCUT2D eigenvalue weighted by atomic mass is 10.5. The van der Waals surface area contributed by atoms with Crippen molar-refractivity contribution >= 4 is 26.4 Å². The van der Waals surface area contributed by atoms with Gasteiger partial charge in [0.25, 0.3) is 10.2 Å². The van der Waals surface area contributed by atoms with Crippen LogP contribution in [0.4, 0.5) is 0 Å². The molecule has 0 unspecified atom stereocenters. The van der Waals surface area contributed by atoms with Gasteiger partial charge in [-0.1, -0.05) is 0 Å². The highest BCUT2D eigenvalue weighted by Crippen LogP contribution is 2.03. The molecule has 1 saturated heterocycles. The van der Waals surface area contributed by atoms with Gasteiger partial charge in [-0.15, -0.1) is 3.75 Å². The topological polar surface area (TPSA) is 58.6 Å². The fourth-order valence-electron chi connectivity index (χ4n) is 0.836. The van der Waals surface area contributed by atoms with Gasteiger partial charge in [-0.2, -0.15) is 12.7 Å². The van der Waals surface area contributed by atoms with Crippen LogP contribution in [0.5, 0.6) is 0 Å². The van der Waals surface area contributed by atoms with Crippen molar-refractivity contribution in [1.29, 1.82) is 0 Å². The summed E-state index contributed by atoms with van der Waals surface area (Å²) in [7, 11) is -3.30. The molecule has 1 aliphatic heterocycles. The molecule has 0 aromatic rings. The largest absolute Gasteiger partial charge is 0.379 e. The SMILES string of the molecule is O=S(=O)(NBr)N1CCOCC1. The smallest absolute Gasteiger partial charge is 0.289 e. The summed E-state index contributed by atoms with van der Waals surface area (Å²) in [5.74, 6) is 0. The van der Waals surface area contributed by atoms with Crippen LogP contribution in [0.3, 0.4) is 0 Å². The molecule has 0 aliphatic carbocycles. The highest BCUT2D eigenvalue weighted by atomic mass is 79.9. The predicted octanol–water partition coefficient (Wildman–Crippen LogP) is -0.537. The number of halogens is 1. The van der Waals surface area contributed by atoms with Gasteiger partial charge in [0.1, 0.15) is 0 Å². The minimum Gasteiger partial charge on any atom is -0.379 e. The lowest BCUT2D eigenvalue weighted by Crippen LogP contribution is -2.44. The Bertz CT molecular complexity index is 211. The van der Waals surface area contributed by atoms with Crippen molar-refractivity contribution in [3.63, 3.8) is 0 Å². The van der Waals surface area contributed by atoms with Crippen LogP contribution in [-0.4, -0.2) is 39.0 Å². The summed E-state index contributed by atoms with van der Waals surface area (Å²) in [5.41, 5.74) is 0. The van der Waals surface area contributed by atoms with E-state index in [4.69, 9.17) is 4.74 Å². The number of morpholine rings is 1. The van der Waals surface area contributed by atoms with E-state index in [9.17, 15) is 8.42 Å². The first-order valence-corrected chi connectivity index (χ1v) is 5.35. The Morgan fingerprint density at radius 3 is 2.36 bits per heavy atom. The molecule has 1 fully saturated rings. The predicted molar refractivity (Wildman–Crippen MR) is 43.4 cm³/mol. The highest BCUT2D eigenvalue weighted by molar-refractivity contribution is 9.09. The number of nitrogens with zero attached hydrogens (tertiary/aromatic N) is 1. The lowest BCUT2D eigenvalue weighted by Gasteiger charge is -2.24. The Morgan fingerprint density at radius 2 is 1.91 bits per heavy atom. The Morgan fingerprint density at radius 1 is 1.36 bits per heavy atom. The quantitative estimate of drug-likeness (QED) is 0.665. The first kappa shape index (κ1) is 9.40. The number of hydrogen-bond acceptors (Lipinski definition) is 3. The molecular weight excluding hydrogens is 236 g/mol. The number of ether oxygens (including phenoxy) is 1. The third kappa shape index (κ3) is 2.38. The van der Waals surface area contributed by atoms with E-state index < -0.39 is 10.2 Å². The first-order valence-electron chi connectivity index (χ1n) is 3.12. The van der Waals surface area contributed by atoms with E-state index in [2.05, 4.69) is 19.9 Å². The van der Waals surface area contributed by atoms with E-state index in [0.717, 1.165) is 0 Å². The summed E-state index contributed by atoms with van der Waals surface area (Å²) in [6.07, 6.45) is 0. The molecule has 1 rings (SSSR count). The van der Waals surface area contributed by atoms with Crippen molar-refractivity contribution in [3.8, 4) is 0 Å². The van der Waals surface area contributed by atoms with E-state index >= 15 is 0 Å². The molecule has 0 spiro atoms. The summed E-state index contributed by atoms with van der Waals surface area (Å²) < 4.78 is 30.5. The minimum absolute atomic E-state index is 0.418. The molecule has 0 bridgehead atoms. The Hall–Kier alpha value is 0.310. The van der Waals surface area contributed by atoms with E-state index in [1.165, 1.54) is 4.31 Å². The summed E-state index contributed by atoms with van der Waals surface area (Å²) in [5, 5.41) is 0. The fraction of sp³-hybridized carbons (Fsp3) is 1.00. The average Bonchev–Trinajstić information content (AvgIpc) is 2.06. The third-order valence-corrected chi connectivity index (χ3v) is 3.87. The number of hydrogen-bond donors (Lipinski definition) is 1. The van der Waals surface area contributed by atoms with Crippen LogP contribution in [0.2, 0.25) is 0 Å². The summed E-state index contributed by atoms with van der Waals surface area (Å²) in [6, 6.07) is 0. The number of nitrogens with one attached hydrogen (secondary N) is 1. The second-order valence-electron chi connectivity index (χ2n) is 2.09. The zero-order valence-corrected chi connectivity index (χ0v) is 8.19. The Labute approximate surface area is 74.2 Å². The molecule has 0 amide bonds. The molecular formula is C4H9BrN2O3S. The molecule has 1 aliphatic rings. The van der Waals surface area contributed by atoms with Crippen molar-refractivity contribution in [2.24, 2.45) is 0 Å². The van der Waals surface area contributed by atoms with Crippen molar-refractivity contribution in [2.75, 3.05) is 26.3 Å². The molecule has 1 heterocycles. The molecule has 7 heteroatoms. The monoisotopic (exact) mass is 244 g/mol. The highest BCUT2D eigenvalue weighted by Gasteiger charge is 2.22. The van der Waals surface area contributed by atoms with Gasteiger partial charge in [0, 0.05) is 29.2 Å². The fourth-order valence-corrected chi connectivity index (χ4v) is 2.18. The van der Waals surface area contributed by atoms with Gasteiger partial charge in [-0.05, 0) is 0 Å². The van der Waals surface area contributed by atoms with Crippen LogP contribution in [0, 0.1) is 0 Å². The summed E-state index contributed by atoms with van der Waals surface area (Å²) in [6.45, 7) is 1.77. The van der Waals surface area contributed by atoms with Crippen LogP contribution in [0.15, 0.2) is 0 Å². The van der Waals surface area contributed by atoms with Crippen molar-refractivity contribution in [3.05, 3.63) is 0 Å². The van der Waals surface area contributed by atoms with E-state index in [-0.39, 0.29) is 0 Å². The van der Waals surface area contributed by atoms with Crippen molar-refractivity contribution in [2.45, 2.75) is 0 Å².